The van der Waals surface area contributed by atoms with Crippen molar-refractivity contribution >= 4 is 21.7 Å². The highest BCUT2D eigenvalue weighted by Gasteiger charge is 2.15. The first-order valence-electron chi connectivity index (χ1n) is 5.96. The molecule has 0 fully saturated rings. The van der Waals surface area contributed by atoms with E-state index in [0.29, 0.717) is 11.8 Å². The number of rotatable bonds is 4. The summed E-state index contributed by atoms with van der Waals surface area (Å²) in [5, 5.41) is 0. The Hall–Kier alpha value is -0.140. The number of hydrogen-bond donors (Lipinski definition) is 0. The van der Waals surface area contributed by atoms with E-state index in [2.05, 4.69) is 46.8 Å². The van der Waals surface area contributed by atoms with Crippen LogP contribution in [0.25, 0.3) is 0 Å². The molecule has 2 heteroatoms. The highest BCUT2D eigenvalue weighted by molar-refractivity contribution is 8.21. The fourth-order valence-corrected chi connectivity index (χ4v) is 3.19. The summed E-state index contributed by atoms with van der Waals surface area (Å²) in [6.45, 7) is 11.1. The van der Waals surface area contributed by atoms with E-state index in [1.807, 2.05) is 0 Å². The number of halogens is 1. The van der Waals surface area contributed by atoms with Crippen molar-refractivity contribution in [2.75, 3.05) is 0 Å². The third-order valence-corrected chi connectivity index (χ3v) is 4.02. The first-order valence-corrected chi connectivity index (χ1v) is 7.60. The Morgan fingerprint density at radius 1 is 1.06 bits per heavy atom. The average molecular weight is 257 g/mol. The standard InChI is InChI=1S/C14H21ClS/c1-6-11-7-12(9(2)3)14(16-15)13(8-11)10(4)5/h7-10H,6H2,1-5H3. The van der Waals surface area contributed by atoms with Gasteiger partial charge in [0.2, 0.25) is 0 Å². The van der Waals surface area contributed by atoms with Crippen LogP contribution in [0.15, 0.2) is 17.0 Å². The highest BCUT2D eigenvalue weighted by atomic mass is 35.7. The molecular weight excluding hydrogens is 236 g/mol. The van der Waals surface area contributed by atoms with Gasteiger partial charge in [-0.2, -0.15) is 0 Å². The van der Waals surface area contributed by atoms with E-state index in [9.17, 15) is 0 Å². The maximum absolute atomic E-state index is 6.04. The van der Waals surface area contributed by atoms with Gasteiger partial charge in [-0.1, -0.05) is 46.8 Å². The van der Waals surface area contributed by atoms with Gasteiger partial charge < -0.3 is 0 Å². The summed E-state index contributed by atoms with van der Waals surface area (Å²) in [5.41, 5.74) is 4.20. The molecule has 0 bridgehead atoms. The number of benzene rings is 1. The Morgan fingerprint density at radius 2 is 1.50 bits per heavy atom. The predicted molar refractivity (Wildman–Crippen MR) is 75.7 cm³/mol. The van der Waals surface area contributed by atoms with Gasteiger partial charge in [-0.15, -0.1) is 0 Å². The zero-order valence-electron chi connectivity index (χ0n) is 10.8. The lowest BCUT2D eigenvalue weighted by Gasteiger charge is -2.19. The van der Waals surface area contributed by atoms with Gasteiger partial charge in [-0.25, -0.2) is 0 Å². The minimum absolute atomic E-state index is 0.533. The summed E-state index contributed by atoms with van der Waals surface area (Å²) in [4.78, 5) is 1.27. The molecule has 0 saturated heterocycles. The minimum atomic E-state index is 0.533. The van der Waals surface area contributed by atoms with E-state index in [-0.39, 0.29) is 0 Å². The molecule has 0 heterocycles. The molecule has 0 radical (unpaired) electrons. The molecule has 0 unspecified atom stereocenters. The van der Waals surface area contributed by atoms with Gasteiger partial charge in [0, 0.05) is 4.90 Å². The number of aryl methyl sites for hydroxylation is 1. The van der Waals surface area contributed by atoms with Crippen LogP contribution in [0, 0.1) is 0 Å². The third-order valence-electron chi connectivity index (χ3n) is 2.94. The van der Waals surface area contributed by atoms with Crippen LogP contribution in [-0.2, 0) is 6.42 Å². The molecule has 0 aliphatic carbocycles. The second-order valence-corrected chi connectivity index (χ2v) is 5.87. The highest BCUT2D eigenvalue weighted by Crippen LogP contribution is 2.38. The van der Waals surface area contributed by atoms with Crippen LogP contribution in [0.3, 0.4) is 0 Å². The molecule has 1 rings (SSSR count). The van der Waals surface area contributed by atoms with Crippen molar-refractivity contribution in [3.8, 4) is 0 Å². The third kappa shape index (κ3) is 2.95. The summed E-state index contributed by atoms with van der Waals surface area (Å²) < 4.78 is 0. The Morgan fingerprint density at radius 3 is 1.75 bits per heavy atom. The van der Waals surface area contributed by atoms with Gasteiger partial charge in [0.15, 0.2) is 0 Å². The maximum Gasteiger partial charge on any atom is 0.0302 e. The molecule has 0 aliphatic heterocycles. The van der Waals surface area contributed by atoms with E-state index in [4.69, 9.17) is 10.7 Å². The van der Waals surface area contributed by atoms with E-state index in [0.717, 1.165) is 6.42 Å². The summed E-state index contributed by atoms with van der Waals surface area (Å²) in [6.07, 6.45) is 1.09. The summed E-state index contributed by atoms with van der Waals surface area (Å²) in [6, 6.07) is 4.61. The molecule has 0 aromatic heterocycles. The molecule has 0 atom stereocenters. The van der Waals surface area contributed by atoms with Crippen molar-refractivity contribution < 1.29 is 0 Å². The Kier molecular flexibility index (Phi) is 5.20. The van der Waals surface area contributed by atoms with E-state index in [1.54, 1.807) is 0 Å². The molecule has 16 heavy (non-hydrogen) atoms. The summed E-state index contributed by atoms with van der Waals surface area (Å²) in [5.74, 6) is 1.07. The van der Waals surface area contributed by atoms with Crippen LogP contribution < -0.4 is 0 Å². The monoisotopic (exact) mass is 256 g/mol. The van der Waals surface area contributed by atoms with Crippen LogP contribution in [0.5, 0.6) is 0 Å². The lowest BCUT2D eigenvalue weighted by atomic mass is 9.92. The molecule has 0 amide bonds. The fraction of sp³-hybridized carbons (Fsp3) is 0.571. The molecule has 0 aliphatic rings. The van der Waals surface area contributed by atoms with Crippen LogP contribution >= 0.6 is 21.7 Å². The molecule has 0 saturated carbocycles. The second kappa shape index (κ2) is 5.97. The molecule has 1 aromatic carbocycles. The largest absolute Gasteiger partial charge is 0.0613 e. The van der Waals surface area contributed by atoms with Crippen LogP contribution in [0.2, 0.25) is 0 Å². The smallest absolute Gasteiger partial charge is 0.0302 e. The molecule has 90 valence electrons. The summed E-state index contributed by atoms with van der Waals surface area (Å²) in [7, 11) is 7.41. The minimum Gasteiger partial charge on any atom is -0.0613 e. The van der Waals surface area contributed by atoms with Gasteiger partial charge in [0.25, 0.3) is 0 Å². The van der Waals surface area contributed by atoms with Gasteiger partial charge in [0.05, 0.1) is 0 Å². The molecular formula is C14H21ClS. The second-order valence-electron chi connectivity index (χ2n) is 4.84. The van der Waals surface area contributed by atoms with Gasteiger partial charge in [-0.3, -0.25) is 0 Å². The van der Waals surface area contributed by atoms with Crippen molar-refractivity contribution in [2.45, 2.75) is 57.8 Å². The van der Waals surface area contributed by atoms with Crippen molar-refractivity contribution in [3.63, 3.8) is 0 Å². The van der Waals surface area contributed by atoms with Crippen molar-refractivity contribution in [2.24, 2.45) is 0 Å². The van der Waals surface area contributed by atoms with Crippen molar-refractivity contribution in [1.82, 2.24) is 0 Å². The first-order chi connectivity index (χ1) is 7.51. The Bertz CT molecular complexity index is 327. The predicted octanol–water partition coefficient (Wildman–Crippen LogP) is 5.74. The fourth-order valence-electron chi connectivity index (χ4n) is 1.89. The maximum atomic E-state index is 6.04. The molecule has 0 spiro atoms. The average Bonchev–Trinajstić information content (AvgIpc) is 2.26. The van der Waals surface area contributed by atoms with E-state index < -0.39 is 0 Å². The van der Waals surface area contributed by atoms with E-state index >= 15 is 0 Å². The van der Waals surface area contributed by atoms with Crippen molar-refractivity contribution in [3.05, 3.63) is 28.8 Å². The summed E-state index contributed by atoms with van der Waals surface area (Å²) >= 11 is 0. The Labute approximate surface area is 108 Å². The number of hydrogen-bond acceptors (Lipinski definition) is 1. The van der Waals surface area contributed by atoms with Crippen molar-refractivity contribution in [1.29, 1.82) is 0 Å². The zero-order valence-corrected chi connectivity index (χ0v) is 12.4. The van der Waals surface area contributed by atoms with E-state index in [1.165, 1.54) is 32.6 Å². The first kappa shape index (κ1) is 13.9. The molecule has 0 N–H and O–H groups in total. The topological polar surface area (TPSA) is 0 Å². The molecule has 1 aromatic rings. The Balaban J connectivity index is 3.40. The quantitative estimate of drug-likeness (QED) is 0.662. The lowest BCUT2D eigenvalue weighted by Crippen LogP contribution is -2.00. The van der Waals surface area contributed by atoms with Crippen LogP contribution in [0.4, 0.5) is 0 Å². The van der Waals surface area contributed by atoms with Crippen LogP contribution in [-0.4, -0.2) is 0 Å². The van der Waals surface area contributed by atoms with Gasteiger partial charge >= 0.3 is 0 Å². The van der Waals surface area contributed by atoms with Gasteiger partial charge in [-0.05, 0) is 56.6 Å². The SMILES string of the molecule is CCc1cc(C(C)C)c(SCl)c(C(C)C)c1. The normalized spacial score (nSPS) is 11.5. The van der Waals surface area contributed by atoms with Crippen LogP contribution in [0.1, 0.15) is 63.1 Å². The molecule has 0 nitrogen and oxygen atoms in total. The lowest BCUT2D eigenvalue weighted by molar-refractivity contribution is 0.788. The van der Waals surface area contributed by atoms with Gasteiger partial charge in [0.1, 0.15) is 0 Å². The zero-order chi connectivity index (χ0) is 12.3.